The lowest BCUT2D eigenvalue weighted by Gasteiger charge is -2.28. The first-order valence-electron chi connectivity index (χ1n) is 8.92. The van der Waals surface area contributed by atoms with Crippen LogP contribution in [0.3, 0.4) is 0 Å². The topological polar surface area (TPSA) is 110 Å². The summed E-state index contributed by atoms with van der Waals surface area (Å²) in [5, 5.41) is 0. The van der Waals surface area contributed by atoms with Gasteiger partial charge in [0.05, 0.1) is 0 Å². The van der Waals surface area contributed by atoms with E-state index in [1.54, 1.807) is 0 Å². The van der Waals surface area contributed by atoms with Crippen molar-refractivity contribution in [3.8, 4) is 0 Å². The van der Waals surface area contributed by atoms with Gasteiger partial charge in [0.2, 0.25) is 0 Å². The lowest BCUT2D eigenvalue weighted by Crippen LogP contribution is -2.46. The largest absolute Gasteiger partial charge is 0.383 e. The van der Waals surface area contributed by atoms with Crippen LogP contribution in [0.15, 0.2) is 9.59 Å². The van der Waals surface area contributed by atoms with Crippen LogP contribution in [-0.2, 0) is 16.1 Å². The Hall–Kier alpha value is -2.09. The van der Waals surface area contributed by atoms with Gasteiger partial charge in [0.15, 0.2) is 5.69 Å². The SMILES string of the molecule is CCCCn1c(N)c(N(CC(C)C)C(=O)[C@@H]2CCCO2)c(=O)[nH]c1=O. The number of hydrogen-bond donors (Lipinski definition) is 2. The molecule has 0 aromatic carbocycles. The predicted octanol–water partition coefficient (Wildman–Crippen LogP) is 1.09. The Morgan fingerprint density at radius 1 is 1.44 bits per heavy atom. The minimum atomic E-state index is -0.637. The van der Waals surface area contributed by atoms with E-state index in [4.69, 9.17) is 10.5 Å². The molecule has 8 nitrogen and oxygen atoms in total. The molecule has 1 aromatic heterocycles. The second kappa shape index (κ2) is 8.33. The zero-order chi connectivity index (χ0) is 18.6. The smallest absolute Gasteiger partial charge is 0.330 e. The highest BCUT2D eigenvalue weighted by Crippen LogP contribution is 2.23. The van der Waals surface area contributed by atoms with Gasteiger partial charge in [0.1, 0.15) is 11.9 Å². The summed E-state index contributed by atoms with van der Waals surface area (Å²) in [5.41, 5.74) is 5.01. The number of ether oxygens (including phenoxy) is 1. The van der Waals surface area contributed by atoms with Crippen molar-refractivity contribution in [2.75, 3.05) is 23.8 Å². The summed E-state index contributed by atoms with van der Waals surface area (Å²) in [6.07, 6.45) is 2.51. The number of carbonyl (C=O) groups excluding carboxylic acids is 1. The van der Waals surface area contributed by atoms with Crippen molar-refractivity contribution in [2.24, 2.45) is 5.92 Å². The van der Waals surface area contributed by atoms with Gasteiger partial charge >= 0.3 is 5.69 Å². The van der Waals surface area contributed by atoms with Crippen LogP contribution in [0.4, 0.5) is 11.5 Å². The number of unbranched alkanes of at least 4 members (excludes halogenated alkanes) is 1. The van der Waals surface area contributed by atoms with Crippen molar-refractivity contribution < 1.29 is 9.53 Å². The van der Waals surface area contributed by atoms with Crippen LogP contribution in [0.2, 0.25) is 0 Å². The number of carbonyl (C=O) groups is 1. The number of rotatable bonds is 7. The molecule has 2 rings (SSSR count). The zero-order valence-corrected chi connectivity index (χ0v) is 15.2. The van der Waals surface area contributed by atoms with Gasteiger partial charge in [-0.2, -0.15) is 0 Å². The highest BCUT2D eigenvalue weighted by atomic mass is 16.5. The molecule has 0 radical (unpaired) electrons. The van der Waals surface area contributed by atoms with Crippen molar-refractivity contribution in [3.05, 3.63) is 20.8 Å². The summed E-state index contributed by atoms with van der Waals surface area (Å²) in [6.45, 7) is 7.17. The third-order valence-corrected chi connectivity index (χ3v) is 4.24. The molecule has 3 N–H and O–H groups in total. The van der Waals surface area contributed by atoms with Crippen LogP contribution in [0.1, 0.15) is 46.5 Å². The molecule has 1 amide bonds. The van der Waals surface area contributed by atoms with Crippen LogP contribution in [-0.4, -0.2) is 34.7 Å². The van der Waals surface area contributed by atoms with E-state index in [1.165, 1.54) is 9.47 Å². The Kier molecular flexibility index (Phi) is 6.41. The first kappa shape index (κ1) is 19.2. The maximum atomic E-state index is 12.9. The zero-order valence-electron chi connectivity index (χ0n) is 15.2. The highest BCUT2D eigenvalue weighted by molar-refractivity contribution is 5.98. The first-order chi connectivity index (χ1) is 11.9. The van der Waals surface area contributed by atoms with Gasteiger partial charge in [-0.15, -0.1) is 0 Å². The van der Waals surface area contributed by atoms with Crippen molar-refractivity contribution in [2.45, 2.75) is 59.1 Å². The van der Waals surface area contributed by atoms with Crippen LogP contribution in [0.5, 0.6) is 0 Å². The van der Waals surface area contributed by atoms with Gasteiger partial charge in [-0.25, -0.2) is 4.79 Å². The molecule has 1 aromatic rings. The quantitative estimate of drug-likeness (QED) is 0.763. The van der Waals surface area contributed by atoms with Gasteiger partial charge in [0.25, 0.3) is 11.5 Å². The average Bonchev–Trinajstić information content (AvgIpc) is 3.07. The minimum absolute atomic E-state index is 0.0363. The maximum absolute atomic E-state index is 12.9. The number of nitrogens with zero attached hydrogens (tertiary/aromatic N) is 2. The van der Waals surface area contributed by atoms with E-state index >= 15 is 0 Å². The summed E-state index contributed by atoms with van der Waals surface area (Å²) in [4.78, 5) is 41.1. The van der Waals surface area contributed by atoms with Crippen LogP contribution in [0.25, 0.3) is 0 Å². The van der Waals surface area contributed by atoms with Crippen molar-refractivity contribution in [1.82, 2.24) is 9.55 Å². The number of hydrogen-bond acceptors (Lipinski definition) is 5. The fourth-order valence-corrected chi connectivity index (χ4v) is 2.98. The molecule has 0 spiro atoms. The summed E-state index contributed by atoms with van der Waals surface area (Å²) in [5.74, 6) is -0.113. The lowest BCUT2D eigenvalue weighted by molar-refractivity contribution is -0.127. The predicted molar refractivity (Wildman–Crippen MR) is 96.8 cm³/mol. The Morgan fingerprint density at radius 2 is 2.16 bits per heavy atom. The van der Waals surface area contributed by atoms with Gasteiger partial charge in [-0.3, -0.25) is 19.1 Å². The van der Waals surface area contributed by atoms with Crippen LogP contribution >= 0.6 is 0 Å². The second-order valence-electron chi connectivity index (χ2n) is 6.84. The van der Waals surface area contributed by atoms with Crippen molar-refractivity contribution in [3.63, 3.8) is 0 Å². The van der Waals surface area contributed by atoms with Crippen LogP contribution < -0.4 is 21.9 Å². The molecule has 0 saturated carbocycles. The van der Waals surface area contributed by atoms with Gasteiger partial charge in [-0.1, -0.05) is 27.2 Å². The Labute approximate surface area is 147 Å². The summed E-state index contributed by atoms with van der Waals surface area (Å²) < 4.78 is 6.81. The number of anilines is 2. The maximum Gasteiger partial charge on any atom is 0.330 e. The van der Waals surface area contributed by atoms with E-state index in [0.717, 1.165) is 19.3 Å². The number of nitrogens with one attached hydrogen (secondary N) is 1. The molecule has 1 atom stereocenters. The molecule has 1 fully saturated rings. The Bertz CT molecular complexity index is 716. The lowest BCUT2D eigenvalue weighted by atomic mass is 10.1. The molecule has 0 unspecified atom stereocenters. The highest BCUT2D eigenvalue weighted by Gasteiger charge is 2.32. The summed E-state index contributed by atoms with van der Waals surface area (Å²) in [6, 6.07) is 0. The van der Waals surface area contributed by atoms with Crippen molar-refractivity contribution >= 4 is 17.4 Å². The van der Waals surface area contributed by atoms with Crippen molar-refractivity contribution in [1.29, 1.82) is 0 Å². The van der Waals surface area contributed by atoms with E-state index < -0.39 is 17.4 Å². The van der Waals surface area contributed by atoms with E-state index in [1.807, 2.05) is 20.8 Å². The van der Waals surface area contributed by atoms with E-state index in [2.05, 4.69) is 4.98 Å². The molecular weight excluding hydrogens is 324 g/mol. The number of aromatic amines is 1. The molecule has 25 heavy (non-hydrogen) atoms. The third-order valence-electron chi connectivity index (χ3n) is 4.24. The summed E-state index contributed by atoms with van der Waals surface area (Å²) >= 11 is 0. The molecule has 1 aliphatic heterocycles. The molecule has 1 aliphatic rings. The molecule has 140 valence electrons. The number of H-pyrrole nitrogens is 1. The number of nitrogens with two attached hydrogens (primary N) is 1. The number of amides is 1. The van der Waals surface area contributed by atoms with E-state index in [-0.39, 0.29) is 23.3 Å². The average molecular weight is 352 g/mol. The first-order valence-corrected chi connectivity index (χ1v) is 8.92. The normalized spacial score (nSPS) is 17.2. The monoisotopic (exact) mass is 352 g/mol. The Balaban J connectivity index is 2.50. The molecule has 2 heterocycles. The Morgan fingerprint density at radius 3 is 2.72 bits per heavy atom. The third kappa shape index (κ3) is 4.31. The minimum Gasteiger partial charge on any atom is -0.383 e. The molecule has 0 bridgehead atoms. The second-order valence-corrected chi connectivity index (χ2v) is 6.84. The molecule has 1 saturated heterocycles. The molecular formula is C17H28N4O4. The fourth-order valence-electron chi connectivity index (χ4n) is 2.98. The van der Waals surface area contributed by atoms with Crippen LogP contribution in [0, 0.1) is 5.92 Å². The van der Waals surface area contributed by atoms with E-state index in [9.17, 15) is 14.4 Å². The van der Waals surface area contributed by atoms with Gasteiger partial charge in [0, 0.05) is 19.7 Å². The fraction of sp³-hybridized carbons (Fsp3) is 0.706. The summed E-state index contributed by atoms with van der Waals surface area (Å²) in [7, 11) is 0. The number of aromatic nitrogens is 2. The standard InChI is InChI=1S/C17H28N4O4/c1-4-5-8-20-14(18)13(15(22)19-17(20)24)21(10-11(2)3)16(23)12-7-6-9-25-12/h11-12H,4-10,18H2,1-3H3,(H,19,22,24)/t12-/m0/s1. The molecule has 8 heteroatoms. The number of nitrogen functional groups attached to an aromatic ring is 1. The van der Waals surface area contributed by atoms with E-state index in [0.29, 0.717) is 26.1 Å². The van der Waals surface area contributed by atoms with Gasteiger partial charge in [-0.05, 0) is 25.2 Å². The van der Waals surface area contributed by atoms with Gasteiger partial charge < -0.3 is 15.4 Å². The molecule has 0 aliphatic carbocycles.